The predicted octanol–water partition coefficient (Wildman–Crippen LogP) is 1.81. The summed E-state index contributed by atoms with van der Waals surface area (Å²) in [5.41, 5.74) is 2.29. The van der Waals surface area contributed by atoms with Gasteiger partial charge in [-0.1, -0.05) is 0 Å². The van der Waals surface area contributed by atoms with Crippen molar-refractivity contribution >= 4 is 23.2 Å². The zero-order valence-electron chi connectivity index (χ0n) is 15.0. The predicted molar refractivity (Wildman–Crippen MR) is 101 cm³/mol. The van der Waals surface area contributed by atoms with E-state index < -0.39 is 0 Å². The summed E-state index contributed by atoms with van der Waals surface area (Å²) < 4.78 is 7.03. The van der Waals surface area contributed by atoms with Gasteiger partial charge in [0, 0.05) is 24.3 Å². The summed E-state index contributed by atoms with van der Waals surface area (Å²) in [4.78, 5) is 25.6. The van der Waals surface area contributed by atoms with E-state index in [4.69, 9.17) is 4.74 Å². The van der Waals surface area contributed by atoms with Gasteiger partial charge in [-0.15, -0.1) is 5.10 Å². The fraction of sp³-hybridized carbons (Fsp3) is 0.211. The Balaban J connectivity index is 1.29. The van der Waals surface area contributed by atoms with E-state index >= 15 is 0 Å². The van der Waals surface area contributed by atoms with Gasteiger partial charge in [0.05, 0.1) is 5.69 Å². The van der Waals surface area contributed by atoms with Crippen LogP contribution in [-0.4, -0.2) is 45.2 Å². The first-order valence-electron chi connectivity index (χ1n) is 8.85. The van der Waals surface area contributed by atoms with Gasteiger partial charge in [0.25, 0.3) is 5.91 Å². The number of benzene rings is 2. The Morgan fingerprint density at radius 1 is 1.07 bits per heavy atom. The van der Waals surface area contributed by atoms with Gasteiger partial charge in [-0.3, -0.25) is 9.59 Å². The molecule has 3 aromatic rings. The van der Waals surface area contributed by atoms with E-state index in [0.29, 0.717) is 17.9 Å². The van der Waals surface area contributed by atoms with Crippen LogP contribution in [-0.2, 0) is 9.59 Å². The average Bonchev–Trinajstić information content (AvgIpc) is 3.39. The van der Waals surface area contributed by atoms with Crippen LogP contribution in [0.25, 0.3) is 5.69 Å². The number of amides is 2. The molecule has 4 rings (SSSR count). The highest BCUT2D eigenvalue weighted by Gasteiger charge is 2.21. The first-order chi connectivity index (χ1) is 13.7. The highest BCUT2D eigenvalue weighted by Crippen LogP contribution is 2.23. The van der Waals surface area contributed by atoms with Gasteiger partial charge in [-0.05, 0) is 65.4 Å². The summed E-state index contributed by atoms with van der Waals surface area (Å²) in [7, 11) is 0. The molecule has 9 heteroatoms. The number of carbonyl (C=O) groups is 2. The Labute approximate surface area is 160 Å². The van der Waals surface area contributed by atoms with E-state index in [1.165, 1.54) is 11.0 Å². The van der Waals surface area contributed by atoms with Gasteiger partial charge in [0.15, 0.2) is 6.61 Å². The molecule has 1 N–H and O–H groups in total. The molecule has 0 saturated carbocycles. The van der Waals surface area contributed by atoms with Crippen molar-refractivity contribution in [3.05, 3.63) is 54.9 Å². The molecule has 0 spiro atoms. The fourth-order valence-corrected chi connectivity index (χ4v) is 2.97. The van der Waals surface area contributed by atoms with Crippen LogP contribution in [0.4, 0.5) is 11.4 Å². The van der Waals surface area contributed by atoms with Crippen molar-refractivity contribution < 1.29 is 14.3 Å². The Kier molecular flexibility index (Phi) is 4.96. The van der Waals surface area contributed by atoms with Gasteiger partial charge < -0.3 is 15.0 Å². The lowest BCUT2D eigenvalue weighted by molar-refractivity contribution is -0.118. The molecule has 1 saturated heterocycles. The van der Waals surface area contributed by atoms with Gasteiger partial charge in [-0.2, -0.15) is 0 Å². The number of carbonyl (C=O) groups excluding carboxylic acids is 2. The summed E-state index contributed by atoms with van der Waals surface area (Å²) in [5, 5.41) is 13.7. The van der Waals surface area contributed by atoms with Gasteiger partial charge in [0.1, 0.15) is 12.1 Å². The molecule has 142 valence electrons. The van der Waals surface area contributed by atoms with Crippen LogP contribution >= 0.6 is 0 Å². The number of ether oxygens (including phenoxy) is 1. The normalized spacial score (nSPS) is 13.6. The highest BCUT2D eigenvalue weighted by molar-refractivity contribution is 5.96. The van der Waals surface area contributed by atoms with Gasteiger partial charge >= 0.3 is 0 Å². The first kappa shape index (κ1) is 17.7. The van der Waals surface area contributed by atoms with Crippen molar-refractivity contribution in [1.82, 2.24) is 20.2 Å². The smallest absolute Gasteiger partial charge is 0.262 e. The Bertz CT molecular complexity index is 954. The molecule has 1 aliphatic rings. The number of anilines is 2. The second-order valence-corrected chi connectivity index (χ2v) is 6.28. The molecular formula is C19H18N6O3. The van der Waals surface area contributed by atoms with Crippen LogP contribution in [0.1, 0.15) is 12.8 Å². The number of rotatable bonds is 6. The quantitative estimate of drug-likeness (QED) is 0.702. The highest BCUT2D eigenvalue weighted by atomic mass is 16.5. The van der Waals surface area contributed by atoms with Crippen LogP contribution in [0.3, 0.4) is 0 Å². The van der Waals surface area contributed by atoms with Crippen molar-refractivity contribution in [2.24, 2.45) is 0 Å². The summed E-state index contributed by atoms with van der Waals surface area (Å²) in [5.74, 6) is 0.431. The molecule has 2 aromatic carbocycles. The third kappa shape index (κ3) is 3.98. The molecule has 0 bridgehead atoms. The molecule has 0 atom stereocenters. The molecule has 0 unspecified atom stereocenters. The Morgan fingerprint density at radius 2 is 1.82 bits per heavy atom. The molecule has 1 aromatic heterocycles. The second-order valence-electron chi connectivity index (χ2n) is 6.28. The number of hydrogen-bond acceptors (Lipinski definition) is 6. The fourth-order valence-electron chi connectivity index (χ4n) is 2.97. The van der Waals surface area contributed by atoms with Crippen LogP contribution < -0.4 is 15.0 Å². The molecule has 1 aliphatic heterocycles. The number of tetrazole rings is 1. The molecular weight excluding hydrogens is 360 g/mol. The summed E-state index contributed by atoms with van der Waals surface area (Å²) in [6, 6.07) is 14.3. The number of hydrogen-bond donors (Lipinski definition) is 1. The molecule has 9 nitrogen and oxygen atoms in total. The minimum Gasteiger partial charge on any atom is -0.484 e. The lowest BCUT2D eigenvalue weighted by Crippen LogP contribution is -2.23. The van der Waals surface area contributed by atoms with Crippen molar-refractivity contribution in [2.45, 2.75) is 12.8 Å². The third-order valence-corrected chi connectivity index (χ3v) is 4.36. The molecule has 0 radical (unpaired) electrons. The Morgan fingerprint density at radius 3 is 2.46 bits per heavy atom. The molecule has 28 heavy (non-hydrogen) atoms. The SMILES string of the molecule is O=C(COc1ccc(-n2cnnn2)cc1)Nc1ccc(N2CCCC2=O)cc1. The standard InChI is InChI=1S/C19H18N6O3/c26-18(12-28-17-9-7-16(8-10-17)25-13-20-22-23-25)21-14-3-5-15(6-4-14)24-11-1-2-19(24)27/h3-10,13H,1-2,11-12H2,(H,21,26). The van der Waals surface area contributed by atoms with Crippen molar-refractivity contribution in [2.75, 3.05) is 23.4 Å². The van der Waals surface area contributed by atoms with E-state index in [1.807, 2.05) is 12.1 Å². The lowest BCUT2D eigenvalue weighted by atomic mass is 10.2. The van der Waals surface area contributed by atoms with Crippen molar-refractivity contribution in [1.29, 1.82) is 0 Å². The van der Waals surface area contributed by atoms with Crippen LogP contribution in [0.5, 0.6) is 5.75 Å². The Hall–Kier alpha value is -3.75. The van der Waals surface area contributed by atoms with Gasteiger partial charge in [0.2, 0.25) is 5.91 Å². The number of aromatic nitrogens is 4. The topological polar surface area (TPSA) is 102 Å². The minimum atomic E-state index is -0.269. The zero-order valence-corrected chi connectivity index (χ0v) is 15.0. The van der Waals surface area contributed by atoms with Crippen LogP contribution in [0.2, 0.25) is 0 Å². The minimum absolute atomic E-state index is 0.114. The largest absolute Gasteiger partial charge is 0.484 e. The van der Waals surface area contributed by atoms with E-state index in [2.05, 4.69) is 20.8 Å². The van der Waals surface area contributed by atoms with Crippen molar-refractivity contribution in [3.63, 3.8) is 0 Å². The van der Waals surface area contributed by atoms with Crippen molar-refractivity contribution in [3.8, 4) is 11.4 Å². The average molecular weight is 378 g/mol. The zero-order chi connectivity index (χ0) is 19.3. The van der Waals surface area contributed by atoms with E-state index in [0.717, 1.165) is 24.3 Å². The summed E-state index contributed by atoms with van der Waals surface area (Å²) in [6.45, 7) is 0.626. The maximum Gasteiger partial charge on any atom is 0.262 e. The number of nitrogens with zero attached hydrogens (tertiary/aromatic N) is 5. The molecule has 0 aliphatic carbocycles. The monoisotopic (exact) mass is 378 g/mol. The molecule has 1 fully saturated rings. The summed E-state index contributed by atoms with van der Waals surface area (Å²) in [6.07, 6.45) is 2.96. The first-order valence-corrected chi connectivity index (χ1v) is 8.85. The maximum atomic E-state index is 12.1. The van der Waals surface area contributed by atoms with Crippen LogP contribution in [0.15, 0.2) is 54.9 Å². The van der Waals surface area contributed by atoms with E-state index in [1.54, 1.807) is 41.3 Å². The molecule has 2 amide bonds. The third-order valence-electron chi connectivity index (χ3n) is 4.36. The van der Waals surface area contributed by atoms with Crippen LogP contribution in [0, 0.1) is 0 Å². The number of nitrogens with one attached hydrogen (secondary N) is 1. The van der Waals surface area contributed by atoms with E-state index in [9.17, 15) is 9.59 Å². The lowest BCUT2D eigenvalue weighted by Gasteiger charge is -2.16. The van der Waals surface area contributed by atoms with Gasteiger partial charge in [-0.25, -0.2) is 4.68 Å². The maximum absolute atomic E-state index is 12.1. The summed E-state index contributed by atoms with van der Waals surface area (Å²) >= 11 is 0. The van der Waals surface area contributed by atoms with E-state index in [-0.39, 0.29) is 18.4 Å². The molecule has 2 heterocycles. The second kappa shape index (κ2) is 7.87.